The molecule has 0 saturated carbocycles. The molecule has 0 fully saturated rings. The molecule has 0 aliphatic carbocycles. The second-order valence-corrected chi connectivity index (χ2v) is 5.15. The van der Waals surface area contributed by atoms with Gasteiger partial charge in [0.15, 0.2) is 0 Å². The van der Waals surface area contributed by atoms with Crippen LogP contribution in [0.3, 0.4) is 0 Å². The monoisotopic (exact) mass is 221 g/mol. The summed E-state index contributed by atoms with van der Waals surface area (Å²) in [4.78, 5) is 0. The van der Waals surface area contributed by atoms with Crippen LogP contribution in [0.2, 0.25) is 0 Å². The first-order chi connectivity index (χ1) is 7.38. The van der Waals surface area contributed by atoms with Gasteiger partial charge in [-0.2, -0.15) is 0 Å². The summed E-state index contributed by atoms with van der Waals surface area (Å²) in [6.07, 6.45) is 0.767. The zero-order valence-corrected chi connectivity index (χ0v) is 10.7. The second-order valence-electron chi connectivity index (χ2n) is 5.15. The van der Waals surface area contributed by atoms with E-state index in [1.807, 2.05) is 13.8 Å². The highest BCUT2D eigenvalue weighted by molar-refractivity contribution is 5.24. The number of hydrogen-bond donors (Lipinski definition) is 2. The topological polar surface area (TPSA) is 32.3 Å². The normalized spacial score (nSPS) is 13.8. The van der Waals surface area contributed by atoms with Crippen molar-refractivity contribution in [1.29, 1.82) is 0 Å². The Kier molecular flexibility index (Phi) is 4.51. The Morgan fingerprint density at radius 3 is 2.62 bits per heavy atom. The number of hydrogen-bond acceptors (Lipinski definition) is 2. The summed E-state index contributed by atoms with van der Waals surface area (Å²) in [5.41, 5.74) is 2.00. The molecule has 0 aliphatic rings. The molecule has 16 heavy (non-hydrogen) atoms. The van der Waals surface area contributed by atoms with E-state index in [4.69, 9.17) is 0 Å². The lowest BCUT2D eigenvalue weighted by atomic mass is 10.0. The van der Waals surface area contributed by atoms with E-state index in [0.29, 0.717) is 6.04 Å². The lowest BCUT2D eigenvalue weighted by molar-refractivity contribution is 0.0705. The van der Waals surface area contributed by atoms with Crippen LogP contribution in [0.15, 0.2) is 24.3 Å². The zero-order valence-electron chi connectivity index (χ0n) is 10.7. The maximum atomic E-state index is 9.61. The van der Waals surface area contributed by atoms with E-state index in [2.05, 4.69) is 43.4 Å². The summed E-state index contributed by atoms with van der Waals surface area (Å²) < 4.78 is 0. The molecule has 0 spiro atoms. The third-order valence-corrected chi connectivity index (χ3v) is 2.73. The SMILES string of the molecule is Cc1cccc([C@@H](C)NCCC(C)(C)O)c1. The molecular formula is C14H23NO. The van der Waals surface area contributed by atoms with E-state index in [-0.39, 0.29) is 0 Å². The molecule has 2 heteroatoms. The van der Waals surface area contributed by atoms with Gasteiger partial charge in [-0.3, -0.25) is 0 Å². The minimum Gasteiger partial charge on any atom is -0.390 e. The molecular weight excluding hydrogens is 198 g/mol. The fourth-order valence-corrected chi connectivity index (χ4v) is 1.65. The van der Waals surface area contributed by atoms with E-state index in [1.165, 1.54) is 11.1 Å². The van der Waals surface area contributed by atoms with Crippen LogP contribution in [-0.2, 0) is 0 Å². The molecule has 2 nitrogen and oxygen atoms in total. The maximum absolute atomic E-state index is 9.61. The first-order valence-electron chi connectivity index (χ1n) is 5.91. The Morgan fingerprint density at radius 1 is 1.38 bits per heavy atom. The number of aryl methyl sites for hydroxylation is 1. The predicted octanol–water partition coefficient (Wildman–Crippen LogP) is 2.81. The van der Waals surface area contributed by atoms with Gasteiger partial charge in [0.2, 0.25) is 0 Å². The van der Waals surface area contributed by atoms with Gasteiger partial charge in [0.1, 0.15) is 0 Å². The number of nitrogens with one attached hydrogen (secondary N) is 1. The minimum atomic E-state index is -0.584. The van der Waals surface area contributed by atoms with Gasteiger partial charge in [0.05, 0.1) is 5.60 Å². The van der Waals surface area contributed by atoms with Crippen molar-refractivity contribution < 1.29 is 5.11 Å². The Balaban J connectivity index is 2.44. The molecule has 0 radical (unpaired) electrons. The molecule has 1 aromatic carbocycles. The van der Waals surface area contributed by atoms with Crippen LogP contribution in [0.1, 0.15) is 44.4 Å². The molecule has 0 amide bonds. The highest BCUT2D eigenvalue weighted by Crippen LogP contribution is 2.14. The molecule has 1 aromatic rings. The van der Waals surface area contributed by atoms with Crippen molar-refractivity contribution in [2.45, 2.75) is 45.8 Å². The summed E-state index contributed by atoms with van der Waals surface area (Å²) in [7, 11) is 0. The van der Waals surface area contributed by atoms with Crippen molar-refractivity contribution in [1.82, 2.24) is 5.32 Å². The van der Waals surface area contributed by atoms with Crippen molar-refractivity contribution in [2.24, 2.45) is 0 Å². The van der Waals surface area contributed by atoms with Crippen molar-refractivity contribution in [3.63, 3.8) is 0 Å². The minimum absolute atomic E-state index is 0.335. The summed E-state index contributed by atoms with van der Waals surface area (Å²) >= 11 is 0. The average Bonchev–Trinajstić information content (AvgIpc) is 2.15. The lowest BCUT2D eigenvalue weighted by Gasteiger charge is -2.20. The van der Waals surface area contributed by atoms with Crippen molar-refractivity contribution in [3.05, 3.63) is 35.4 Å². The fourth-order valence-electron chi connectivity index (χ4n) is 1.65. The molecule has 0 aromatic heterocycles. The smallest absolute Gasteiger partial charge is 0.0603 e. The molecule has 2 N–H and O–H groups in total. The van der Waals surface area contributed by atoms with Gasteiger partial charge in [-0.1, -0.05) is 29.8 Å². The molecule has 0 unspecified atom stereocenters. The van der Waals surface area contributed by atoms with Gasteiger partial charge in [-0.25, -0.2) is 0 Å². The van der Waals surface area contributed by atoms with Crippen LogP contribution in [0.5, 0.6) is 0 Å². The molecule has 1 rings (SSSR count). The van der Waals surface area contributed by atoms with Gasteiger partial charge in [-0.15, -0.1) is 0 Å². The maximum Gasteiger partial charge on any atom is 0.0603 e. The van der Waals surface area contributed by atoms with Crippen LogP contribution in [0.4, 0.5) is 0 Å². The van der Waals surface area contributed by atoms with E-state index in [9.17, 15) is 5.11 Å². The van der Waals surface area contributed by atoms with Crippen molar-refractivity contribution in [2.75, 3.05) is 6.54 Å². The van der Waals surface area contributed by atoms with E-state index >= 15 is 0 Å². The summed E-state index contributed by atoms with van der Waals surface area (Å²) in [6.45, 7) is 8.77. The number of aliphatic hydroxyl groups is 1. The lowest BCUT2D eigenvalue weighted by Crippen LogP contribution is -2.28. The fraction of sp³-hybridized carbons (Fsp3) is 0.571. The highest BCUT2D eigenvalue weighted by Gasteiger charge is 2.12. The van der Waals surface area contributed by atoms with Crippen molar-refractivity contribution >= 4 is 0 Å². The third kappa shape index (κ3) is 4.77. The average molecular weight is 221 g/mol. The largest absolute Gasteiger partial charge is 0.390 e. The Bertz CT molecular complexity index is 328. The van der Waals surface area contributed by atoms with Gasteiger partial charge < -0.3 is 10.4 Å². The molecule has 90 valence electrons. The molecule has 0 aliphatic heterocycles. The Morgan fingerprint density at radius 2 is 2.06 bits per heavy atom. The number of rotatable bonds is 5. The second kappa shape index (κ2) is 5.46. The van der Waals surface area contributed by atoms with E-state index in [0.717, 1.165) is 13.0 Å². The first-order valence-corrected chi connectivity index (χ1v) is 5.91. The molecule has 0 heterocycles. The standard InChI is InChI=1S/C14H23NO/c1-11-6-5-7-13(10-11)12(2)15-9-8-14(3,4)16/h5-7,10,12,15-16H,8-9H2,1-4H3/t12-/m1/s1. The zero-order chi connectivity index (χ0) is 12.2. The quantitative estimate of drug-likeness (QED) is 0.801. The molecule has 1 atom stereocenters. The van der Waals surface area contributed by atoms with E-state index < -0.39 is 5.60 Å². The first kappa shape index (κ1) is 13.2. The third-order valence-electron chi connectivity index (χ3n) is 2.73. The van der Waals surface area contributed by atoms with Gasteiger partial charge in [0.25, 0.3) is 0 Å². The van der Waals surface area contributed by atoms with E-state index in [1.54, 1.807) is 0 Å². The molecule has 0 saturated heterocycles. The van der Waals surface area contributed by atoms with Crippen LogP contribution >= 0.6 is 0 Å². The van der Waals surface area contributed by atoms with Crippen LogP contribution in [0.25, 0.3) is 0 Å². The molecule has 0 bridgehead atoms. The van der Waals surface area contributed by atoms with Crippen LogP contribution in [-0.4, -0.2) is 17.3 Å². The number of benzene rings is 1. The Hall–Kier alpha value is -0.860. The van der Waals surface area contributed by atoms with Crippen molar-refractivity contribution in [3.8, 4) is 0 Å². The highest BCUT2D eigenvalue weighted by atomic mass is 16.3. The summed E-state index contributed by atoms with van der Waals surface area (Å²) in [5.74, 6) is 0. The summed E-state index contributed by atoms with van der Waals surface area (Å²) in [6, 6.07) is 8.85. The van der Waals surface area contributed by atoms with Crippen LogP contribution in [0, 0.1) is 6.92 Å². The van der Waals surface area contributed by atoms with Crippen LogP contribution < -0.4 is 5.32 Å². The van der Waals surface area contributed by atoms with Gasteiger partial charge in [0, 0.05) is 6.04 Å². The Labute approximate surface area is 98.7 Å². The summed E-state index contributed by atoms with van der Waals surface area (Å²) in [5, 5.41) is 13.0. The van der Waals surface area contributed by atoms with Gasteiger partial charge in [-0.05, 0) is 46.2 Å². The predicted molar refractivity (Wildman–Crippen MR) is 68.5 cm³/mol. The van der Waals surface area contributed by atoms with Gasteiger partial charge >= 0.3 is 0 Å².